The first-order valence-electron chi connectivity index (χ1n) is 14.5. The summed E-state index contributed by atoms with van der Waals surface area (Å²) >= 11 is 1.69. The number of ether oxygens (including phenoxy) is 9. The number of rotatable bonds is 15. The van der Waals surface area contributed by atoms with E-state index in [-0.39, 0.29) is 24.3 Å². The molecule has 4 rings (SSSR count). The highest BCUT2D eigenvalue weighted by molar-refractivity contribution is 7.99. The van der Waals surface area contributed by atoms with E-state index in [2.05, 4.69) is 6.92 Å². The molecule has 0 aromatic heterocycles. The first kappa shape index (κ1) is 33.3. The third-order valence-corrected chi connectivity index (χ3v) is 8.70. The van der Waals surface area contributed by atoms with Crippen molar-refractivity contribution < 1.29 is 42.6 Å². The van der Waals surface area contributed by atoms with Gasteiger partial charge >= 0.3 is 0 Å². The highest BCUT2D eigenvalue weighted by Gasteiger charge is 2.52. The second-order valence-corrected chi connectivity index (χ2v) is 11.8. The summed E-state index contributed by atoms with van der Waals surface area (Å²) in [6.45, 7) is 5.09. The normalized spacial score (nSPS) is 33.5. The van der Waals surface area contributed by atoms with Gasteiger partial charge in [-0.2, -0.15) is 0 Å². The molecular formula is C32H46O9S. The van der Waals surface area contributed by atoms with E-state index in [0.717, 1.165) is 16.9 Å². The molecule has 0 bridgehead atoms. The maximum absolute atomic E-state index is 6.75. The average molecular weight is 607 g/mol. The lowest BCUT2D eigenvalue weighted by Gasteiger charge is -2.49. The Morgan fingerprint density at radius 1 is 0.667 bits per heavy atom. The number of methoxy groups -OCH3 is 4. The second kappa shape index (κ2) is 17.1. The van der Waals surface area contributed by atoms with Crippen molar-refractivity contribution in [3.05, 3.63) is 71.8 Å². The summed E-state index contributed by atoms with van der Waals surface area (Å²) in [6, 6.07) is 20.0. The molecule has 0 saturated carbocycles. The van der Waals surface area contributed by atoms with Gasteiger partial charge < -0.3 is 42.6 Å². The van der Waals surface area contributed by atoms with Crippen LogP contribution in [0, 0.1) is 0 Å². The fraction of sp³-hybridized carbons (Fsp3) is 0.625. The van der Waals surface area contributed by atoms with Crippen LogP contribution >= 0.6 is 11.8 Å². The summed E-state index contributed by atoms with van der Waals surface area (Å²) in [7, 11) is 6.64. The molecular weight excluding hydrogens is 560 g/mol. The molecule has 2 heterocycles. The van der Waals surface area contributed by atoms with Gasteiger partial charge in [-0.05, 0) is 23.8 Å². The summed E-state index contributed by atoms with van der Waals surface area (Å²) in [6.07, 6.45) is -4.44. The van der Waals surface area contributed by atoms with E-state index in [1.54, 1.807) is 40.2 Å². The first-order valence-corrected chi connectivity index (χ1v) is 15.6. The van der Waals surface area contributed by atoms with Crippen LogP contribution in [0.3, 0.4) is 0 Å². The van der Waals surface area contributed by atoms with Crippen LogP contribution in [0.4, 0.5) is 0 Å². The van der Waals surface area contributed by atoms with E-state index in [1.807, 2.05) is 67.6 Å². The standard InChI is InChI=1S/C32H46O9S/c1-7-42-32-30(36-6)27(34-4)25(21(2)39-32)41-31-29(38-19-23-16-12-9-13-17-23)28(35-5)26(24(40-31)20-33-3)37-18-22-14-10-8-11-15-22/h8-17,21,24-32H,7,18-20H2,1-6H3/t21-,24+,25-,26+,27+,28-,29+,30+,31-,32-/m0/s1. The molecule has 42 heavy (non-hydrogen) atoms. The molecule has 234 valence electrons. The minimum Gasteiger partial charge on any atom is -0.382 e. The van der Waals surface area contributed by atoms with Crippen molar-refractivity contribution in [3.63, 3.8) is 0 Å². The monoisotopic (exact) mass is 606 g/mol. The van der Waals surface area contributed by atoms with E-state index in [1.165, 1.54) is 0 Å². The van der Waals surface area contributed by atoms with Crippen LogP contribution in [0.25, 0.3) is 0 Å². The average Bonchev–Trinajstić information content (AvgIpc) is 3.01. The minimum absolute atomic E-state index is 0.180. The van der Waals surface area contributed by atoms with Gasteiger partial charge in [0.15, 0.2) is 6.29 Å². The van der Waals surface area contributed by atoms with Crippen molar-refractivity contribution >= 4 is 11.8 Å². The Hall–Kier alpha value is -1.57. The van der Waals surface area contributed by atoms with Crippen LogP contribution in [0.5, 0.6) is 0 Å². The summed E-state index contributed by atoms with van der Waals surface area (Å²) in [5.74, 6) is 0.888. The minimum atomic E-state index is -0.822. The van der Waals surface area contributed by atoms with Gasteiger partial charge in [0.1, 0.15) is 48.2 Å². The third kappa shape index (κ3) is 8.32. The van der Waals surface area contributed by atoms with Crippen LogP contribution < -0.4 is 0 Å². The second-order valence-electron chi connectivity index (χ2n) is 10.4. The van der Waals surface area contributed by atoms with Crippen molar-refractivity contribution in [3.8, 4) is 0 Å². The third-order valence-electron chi connectivity index (χ3n) is 7.66. The summed E-state index contributed by atoms with van der Waals surface area (Å²) in [5, 5.41) is 0. The quantitative estimate of drug-likeness (QED) is 0.290. The molecule has 0 unspecified atom stereocenters. The van der Waals surface area contributed by atoms with Gasteiger partial charge in [-0.3, -0.25) is 0 Å². The van der Waals surface area contributed by atoms with Gasteiger partial charge in [0, 0.05) is 28.4 Å². The SMILES string of the molecule is CCS[C@@H]1O[C@@H](C)[C@H](O[C@@H]2O[C@H](COC)[C@@H](OCc3ccccc3)[C@H](OC)[C@H]2OCc2ccccc2)[C@@H](OC)[C@H]1OC. The van der Waals surface area contributed by atoms with Crippen LogP contribution in [0.15, 0.2) is 60.7 Å². The van der Waals surface area contributed by atoms with Crippen molar-refractivity contribution in [1.29, 1.82) is 0 Å². The van der Waals surface area contributed by atoms with E-state index < -0.39 is 42.9 Å². The zero-order chi connectivity index (χ0) is 29.9. The Morgan fingerprint density at radius 3 is 1.74 bits per heavy atom. The van der Waals surface area contributed by atoms with Gasteiger partial charge in [-0.15, -0.1) is 11.8 Å². The van der Waals surface area contributed by atoms with Gasteiger partial charge in [-0.1, -0.05) is 67.6 Å². The molecule has 2 aromatic rings. The maximum atomic E-state index is 6.75. The Bertz CT molecular complexity index is 1020. The molecule has 0 aliphatic carbocycles. The molecule has 0 spiro atoms. The summed E-state index contributed by atoms with van der Waals surface area (Å²) in [4.78, 5) is 0. The Labute approximate surface area is 254 Å². The van der Waals surface area contributed by atoms with Crippen LogP contribution in [-0.4, -0.2) is 101 Å². The molecule has 2 saturated heterocycles. The highest BCUT2D eigenvalue weighted by atomic mass is 32.2. The van der Waals surface area contributed by atoms with E-state index in [9.17, 15) is 0 Å². The van der Waals surface area contributed by atoms with Crippen molar-refractivity contribution in [2.75, 3.05) is 40.8 Å². The van der Waals surface area contributed by atoms with E-state index in [0.29, 0.717) is 13.2 Å². The molecule has 9 nitrogen and oxygen atoms in total. The predicted octanol–water partition coefficient (Wildman–Crippen LogP) is 4.46. The Balaban J connectivity index is 1.61. The number of thioether (sulfide) groups is 1. The lowest BCUT2D eigenvalue weighted by atomic mass is 9.96. The molecule has 0 radical (unpaired) electrons. The fourth-order valence-electron chi connectivity index (χ4n) is 5.60. The first-order chi connectivity index (χ1) is 20.5. The highest BCUT2D eigenvalue weighted by Crippen LogP contribution is 2.36. The summed E-state index contributed by atoms with van der Waals surface area (Å²) < 4.78 is 56.3. The zero-order valence-corrected chi connectivity index (χ0v) is 26.3. The largest absolute Gasteiger partial charge is 0.382 e. The molecule has 2 aliphatic heterocycles. The topological polar surface area (TPSA) is 83.1 Å². The van der Waals surface area contributed by atoms with Crippen molar-refractivity contribution in [2.24, 2.45) is 0 Å². The van der Waals surface area contributed by atoms with Crippen LogP contribution in [0.1, 0.15) is 25.0 Å². The van der Waals surface area contributed by atoms with Gasteiger partial charge in [-0.25, -0.2) is 0 Å². The zero-order valence-electron chi connectivity index (χ0n) is 25.5. The number of hydrogen-bond acceptors (Lipinski definition) is 10. The van der Waals surface area contributed by atoms with Gasteiger partial charge in [0.25, 0.3) is 0 Å². The molecule has 0 amide bonds. The Kier molecular flexibility index (Phi) is 13.5. The van der Waals surface area contributed by atoms with Gasteiger partial charge in [0.05, 0.1) is 25.9 Å². The lowest BCUT2D eigenvalue weighted by Crippen LogP contribution is -2.65. The smallest absolute Gasteiger partial charge is 0.187 e. The van der Waals surface area contributed by atoms with E-state index >= 15 is 0 Å². The van der Waals surface area contributed by atoms with Crippen molar-refractivity contribution in [2.45, 2.75) is 87.6 Å². The molecule has 10 atom stereocenters. The predicted molar refractivity (Wildman–Crippen MR) is 160 cm³/mol. The molecule has 10 heteroatoms. The molecule has 2 fully saturated rings. The summed E-state index contributed by atoms with van der Waals surface area (Å²) in [5.41, 5.74) is 1.89. The van der Waals surface area contributed by atoms with Crippen molar-refractivity contribution in [1.82, 2.24) is 0 Å². The van der Waals surface area contributed by atoms with Gasteiger partial charge in [0.2, 0.25) is 0 Å². The molecule has 0 N–H and O–H groups in total. The number of benzene rings is 2. The van der Waals surface area contributed by atoms with E-state index in [4.69, 9.17) is 42.6 Å². The maximum Gasteiger partial charge on any atom is 0.187 e. The molecule has 2 aliphatic rings. The van der Waals surface area contributed by atoms with Crippen LogP contribution in [0.2, 0.25) is 0 Å². The lowest BCUT2D eigenvalue weighted by molar-refractivity contribution is -0.351. The van der Waals surface area contributed by atoms with Crippen LogP contribution in [-0.2, 0) is 55.8 Å². The number of hydrogen-bond donors (Lipinski definition) is 0. The Morgan fingerprint density at radius 2 is 1.21 bits per heavy atom. The fourth-order valence-corrected chi connectivity index (χ4v) is 6.63. The molecule has 2 aromatic carbocycles.